The van der Waals surface area contributed by atoms with E-state index in [9.17, 15) is 17.3 Å². The lowest BCUT2D eigenvalue weighted by molar-refractivity contribution is 0.368. The Morgan fingerprint density at radius 1 is 0.929 bits per heavy atom. The maximum Gasteiger partial charge on any atom is 0.673 e. The highest BCUT2D eigenvalue weighted by Gasteiger charge is 2.37. The average molecular weight is 391 g/mol. The molecule has 3 nitrogen and oxygen atoms in total. The Kier molecular flexibility index (Phi) is 5.97. The number of ether oxygens (including phenoxy) is 1. The lowest BCUT2D eigenvalue weighted by Crippen LogP contribution is -2.02. The van der Waals surface area contributed by atoms with Gasteiger partial charge in [-0.15, -0.1) is 4.54 Å². The maximum atomic E-state index is 9.75. The van der Waals surface area contributed by atoms with Crippen molar-refractivity contribution in [3.05, 3.63) is 82.4 Å². The summed E-state index contributed by atoms with van der Waals surface area (Å²) in [7, 11) is -4.33. The summed E-state index contributed by atoms with van der Waals surface area (Å²) in [6.45, 7) is 0. The van der Waals surface area contributed by atoms with Crippen molar-refractivity contribution in [3.63, 3.8) is 0 Å². The van der Waals surface area contributed by atoms with Gasteiger partial charge in [0.25, 0.3) is 0 Å². The van der Waals surface area contributed by atoms with Crippen LogP contribution in [-0.2, 0) is 0 Å². The molecule has 3 aromatic carbocycles. The molecule has 8 heteroatoms. The number of methoxy groups -OCH3 is 1. The van der Waals surface area contributed by atoms with Gasteiger partial charge in [-0.05, 0) is 40.6 Å². The van der Waals surface area contributed by atoms with E-state index in [1.165, 1.54) is 16.3 Å². The lowest BCUT2D eigenvalue weighted by Gasteiger charge is -2.07. The first-order chi connectivity index (χ1) is 13.3. The van der Waals surface area contributed by atoms with Crippen molar-refractivity contribution in [2.75, 3.05) is 7.11 Å². The molecule has 0 fully saturated rings. The van der Waals surface area contributed by atoms with Gasteiger partial charge >= 0.3 is 13.4 Å². The number of halogens is 4. The summed E-state index contributed by atoms with van der Waals surface area (Å²) in [5.74, 6) is 0.856. The van der Waals surface area contributed by atoms with E-state index in [-0.39, 0.29) is 12.1 Å². The summed E-state index contributed by atoms with van der Waals surface area (Å²) in [6.07, 6.45) is 0.866. The molecule has 1 aliphatic heterocycles. The van der Waals surface area contributed by atoms with Crippen LogP contribution in [0.4, 0.5) is 17.3 Å². The zero-order valence-corrected chi connectivity index (χ0v) is 15.1. The quantitative estimate of drug-likeness (QED) is 0.280. The Hall–Kier alpha value is -2.90. The van der Waals surface area contributed by atoms with E-state index < -0.39 is 7.25 Å². The zero-order chi connectivity index (χ0) is 20.1. The first kappa shape index (κ1) is 19.9. The Morgan fingerprint density at radius 2 is 1.57 bits per heavy atom. The van der Waals surface area contributed by atoms with Crippen molar-refractivity contribution in [1.82, 2.24) is 0 Å². The van der Waals surface area contributed by atoms with Gasteiger partial charge in [-0.1, -0.05) is 42.5 Å². The molecule has 0 aliphatic carbocycles. The minimum atomic E-state index is -6.00. The summed E-state index contributed by atoms with van der Waals surface area (Å²) < 4.78 is 49.9. The van der Waals surface area contributed by atoms with Crippen molar-refractivity contribution >= 4 is 18.0 Å². The molecule has 146 valence electrons. The van der Waals surface area contributed by atoms with E-state index in [4.69, 9.17) is 9.27 Å². The summed E-state index contributed by atoms with van der Waals surface area (Å²) in [5, 5.41) is 6.92. The highest BCUT2D eigenvalue weighted by molar-refractivity contribution is 6.50. The van der Waals surface area contributed by atoms with Crippen LogP contribution in [0.3, 0.4) is 0 Å². The van der Waals surface area contributed by atoms with Crippen LogP contribution in [-0.4, -0.2) is 14.4 Å². The highest BCUT2D eigenvalue weighted by Crippen LogP contribution is 2.39. The van der Waals surface area contributed by atoms with Crippen LogP contribution in [0.15, 0.2) is 71.9 Å². The fraction of sp³-hybridized carbons (Fsp3) is 0.200. The number of benzene rings is 3. The van der Waals surface area contributed by atoms with E-state index >= 15 is 0 Å². The number of nitroso groups, excluding NO2 is 1. The van der Waals surface area contributed by atoms with Crippen molar-refractivity contribution in [1.29, 1.82) is 0 Å². The van der Waals surface area contributed by atoms with E-state index in [2.05, 4.69) is 47.6 Å². The third-order valence-corrected chi connectivity index (χ3v) is 4.42. The maximum absolute atomic E-state index is 9.75. The van der Waals surface area contributed by atoms with Crippen LogP contribution in [0.2, 0.25) is 0 Å². The van der Waals surface area contributed by atoms with E-state index in [0.29, 0.717) is 0 Å². The Bertz CT molecular complexity index is 949. The molecule has 1 heterocycles. The second kappa shape index (κ2) is 8.41. The molecule has 1 aliphatic rings. The van der Waals surface area contributed by atoms with E-state index in [0.717, 1.165) is 17.7 Å². The number of hydrogen-bond acceptors (Lipinski definition) is 2. The second-order valence-corrected chi connectivity index (χ2v) is 6.29. The monoisotopic (exact) mass is 391 g/mol. The van der Waals surface area contributed by atoms with Gasteiger partial charge in [0.05, 0.1) is 19.1 Å². The number of hydrogen-bond donors (Lipinski definition) is 0. The van der Waals surface area contributed by atoms with Gasteiger partial charge in [-0.2, -0.15) is 0 Å². The molecule has 4 rings (SSSR count). The Morgan fingerprint density at radius 3 is 2.25 bits per heavy atom. The minimum absolute atomic E-state index is 0.00451. The molecule has 2 unspecified atom stereocenters. The van der Waals surface area contributed by atoms with E-state index in [1.807, 2.05) is 24.3 Å². The average Bonchev–Trinajstić information content (AvgIpc) is 3.16. The SMILES string of the molecule is COc1ccc(C2CC(c3cccc4ccccc34)N=[O+]2)cc1.F[B-](F)(F)F. The molecular weight excluding hydrogens is 373 g/mol. The zero-order valence-electron chi connectivity index (χ0n) is 15.1. The predicted molar refractivity (Wildman–Crippen MR) is 103 cm³/mol. The first-order valence-electron chi connectivity index (χ1n) is 8.70. The van der Waals surface area contributed by atoms with Gasteiger partial charge in [-0.25, -0.2) is 0 Å². The highest BCUT2D eigenvalue weighted by atomic mass is 19.5. The molecule has 0 radical (unpaired) electrons. The molecule has 3 aromatic rings. The molecule has 0 bridgehead atoms. The number of fused-ring (bicyclic) bond motifs is 1. The normalized spacial score (nSPS) is 18.6. The lowest BCUT2D eigenvalue weighted by atomic mass is 9.94. The molecule has 0 saturated heterocycles. The fourth-order valence-electron chi connectivity index (χ4n) is 3.18. The summed E-state index contributed by atoms with van der Waals surface area (Å²) in [4.78, 5) is 0. The largest absolute Gasteiger partial charge is 0.673 e. The van der Waals surface area contributed by atoms with Crippen molar-refractivity contribution in [2.45, 2.75) is 18.6 Å². The van der Waals surface area contributed by atoms with Crippen LogP contribution in [0.1, 0.15) is 29.7 Å². The van der Waals surface area contributed by atoms with Crippen LogP contribution in [0, 0.1) is 4.54 Å². The second-order valence-electron chi connectivity index (χ2n) is 6.29. The van der Waals surface area contributed by atoms with Crippen molar-refractivity contribution < 1.29 is 22.0 Å². The van der Waals surface area contributed by atoms with Gasteiger partial charge in [0, 0.05) is 0 Å². The Balaban J connectivity index is 0.000000403. The standard InChI is InChI=1S/C20H18NO2.BF4/c1-22-16-11-9-15(10-12-16)20-13-19(21-23-20)18-8-4-6-14-5-2-3-7-17(14)18;2-1(3,4)5/h2-12,19-20H,13H2,1H3;/q+1;-1. The molecule has 0 aromatic heterocycles. The Labute approximate surface area is 159 Å². The molecular formula is C20H18BF4NO2. The van der Waals surface area contributed by atoms with Gasteiger partial charge in [0.1, 0.15) is 10.9 Å². The number of rotatable bonds is 3. The van der Waals surface area contributed by atoms with Crippen molar-refractivity contribution in [3.8, 4) is 5.75 Å². The molecule has 0 saturated carbocycles. The van der Waals surface area contributed by atoms with Gasteiger partial charge < -0.3 is 22.0 Å². The van der Waals surface area contributed by atoms with Gasteiger partial charge in [0.15, 0.2) is 6.04 Å². The summed E-state index contributed by atoms with van der Waals surface area (Å²) >= 11 is 0. The summed E-state index contributed by atoms with van der Waals surface area (Å²) in [6, 6.07) is 22.9. The third-order valence-electron chi connectivity index (χ3n) is 4.42. The van der Waals surface area contributed by atoms with Crippen LogP contribution in [0.5, 0.6) is 5.75 Å². The minimum Gasteiger partial charge on any atom is -0.497 e. The molecule has 0 amide bonds. The number of nitrogens with zero attached hydrogens (tertiary/aromatic N) is 1. The van der Waals surface area contributed by atoms with Gasteiger partial charge in [-0.3, -0.25) is 0 Å². The predicted octanol–water partition coefficient (Wildman–Crippen LogP) is 6.64. The molecule has 2 atom stereocenters. The fourth-order valence-corrected chi connectivity index (χ4v) is 3.18. The third kappa shape index (κ3) is 5.09. The van der Waals surface area contributed by atoms with Gasteiger partial charge in [0.2, 0.25) is 0 Å². The van der Waals surface area contributed by atoms with Crippen LogP contribution < -0.4 is 4.74 Å². The topological polar surface area (TPSA) is 32.9 Å². The van der Waals surface area contributed by atoms with Crippen LogP contribution in [0.25, 0.3) is 10.8 Å². The van der Waals surface area contributed by atoms with E-state index in [1.54, 1.807) is 7.11 Å². The smallest absolute Gasteiger partial charge is 0.497 e. The van der Waals surface area contributed by atoms with Crippen molar-refractivity contribution in [2.24, 2.45) is 5.18 Å². The first-order valence-corrected chi connectivity index (χ1v) is 8.70. The molecule has 0 N–H and O–H groups in total. The molecule has 0 spiro atoms. The molecule has 28 heavy (non-hydrogen) atoms. The van der Waals surface area contributed by atoms with Crippen LogP contribution >= 0.6 is 0 Å². The summed E-state index contributed by atoms with van der Waals surface area (Å²) in [5.41, 5.74) is 2.37.